The summed E-state index contributed by atoms with van der Waals surface area (Å²) in [5, 5.41) is 9.05. The van der Waals surface area contributed by atoms with Gasteiger partial charge in [-0.1, -0.05) is 17.7 Å². The first kappa shape index (κ1) is 10.8. The lowest BCUT2D eigenvalue weighted by Crippen LogP contribution is -2.09. The standard InChI is InChI=1S/C9H8ClFO3/c1-14-9(13)8(11)5-2-3-7(12)6(10)4-5/h2-4,8,12H,1H3. The van der Waals surface area contributed by atoms with E-state index in [9.17, 15) is 9.18 Å². The van der Waals surface area contributed by atoms with Gasteiger partial charge in [0.2, 0.25) is 6.17 Å². The van der Waals surface area contributed by atoms with E-state index in [0.717, 1.165) is 7.11 Å². The van der Waals surface area contributed by atoms with Crippen molar-refractivity contribution in [3.63, 3.8) is 0 Å². The number of benzene rings is 1. The lowest BCUT2D eigenvalue weighted by Gasteiger charge is -2.06. The molecular weight excluding hydrogens is 211 g/mol. The molecule has 1 aromatic carbocycles. The number of halogens is 2. The molecule has 0 heterocycles. The van der Waals surface area contributed by atoms with Gasteiger partial charge in [-0.25, -0.2) is 9.18 Å². The number of alkyl halides is 1. The van der Waals surface area contributed by atoms with Gasteiger partial charge in [-0.3, -0.25) is 0 Å². The van der Waals surface area contributed by atoms with E-state index in [2.05, 4.69) is 4.74 Å². The topological polar surface area (TPSA) is 46.5 Å². The number of phenols is 1. The third-order valence-corrected chi connectivity index (χ3v) is 1.98. The summed E-state index contributed by atoms with van der Waals surface area (Å²) >= 11 is 5.54. The number of rotatable bonds is 2. The van der Waals surface area contributed by atoms with Gasteiger partial charge in [0.1, 0.15) is 5.75 Å². The van der Waals surface area contributed by atoms with Crippen molar-refractivity contribution < 1.29 is 19.0 Å². The minimum atomic E-state index is -1.88. The average Bonchev–Trinajstić information content (AvgIpc) is 2.20. The molecule has 0 aliphatic rings. The number of aromatic hydroxyl groups is 1. The molecule has 1 unspecified atom stereocenters. The predicted molar refractivity (Wildman–Crippen MR) is 49.0 cm³/mol. The van der Waals surface area contributed by atoms with Crippen molar-refractivity contribution >= 4 is 17.6 Å². The van der Waals surface area contributed by atoms with Crippen molar-refractivity contribution in [3.05, 3.63) is 28.8 Å². The molecule has 0 aliphatic carbocycles. The summed E-state index contributed by atoms with van der Waals surface area (Å²) < 4.78 is 17.4. The van der Waals surface area contributed by atoms with Crippen LogP contribution in [0, 0.1) is 0 Å². The lowest BCUT2D eigenvalue weighted by atomic mass is 10.1. The van der Waals surface area contributed by atoms with Crippen LogP contribution < -0.4 is 0 Å². The summed E-state index contributed by atoms with van der Waals surface area (Å²) in [7, 11) is 1.09. The fourth-order valence-corrected chi connectivity index (χ4v) is 1.11. The number of ether oxygens (including phenoxy) is 1. The molecule has 0 amide bonds. The van der Waals surface area contributed by atoms with E-state index in [1.165, 1.54) is 18.2 Å². The largest absolute Gasteiger partial charge is 0.506 e. The number of phenolic OH excluding ortho intramolecular Hbond substituents is 1. The zero-order chi connectivity index (χ0) is 10.7. The number of methoxy groups -OCH3 is 1. The highest BCUT2D eigenvalue weighted by molar-refractivity contribution is 6.32. The van der Waals surface area contributed by atoms with E-state index in [-0.39, 0.29) is 16.3 Å². The number of carbonyl (C=O) groups excluding carboxylic acids is 1. The van der Waals surface area contributed by atoms with E-state index in [0.29, 0.717) is 0 Å². The fourth-order valence-electron chi connectivity index (χ4n) is 0.920. The van der Waals surface area contributed by atoms with Crippen molar-refractivity contribution in [1.29, 1.82) is 0 Å². The Labute approximate surface area is 85.1 Å². The van der Waals surface area contributed by atoms with Crippen molar-refractivity contribution in [2.75, 3.05) is 7.11 Å². The number of carbonyl (C=O) groups is 1. The molecule has 0 aliphatic heterocycles. The van der Waals surface area contributed by atoms with Crippen LogP contribution in [0.4, 0.5) is 4.39 Å². The van der Waals surface area contributed by atoms with Crippen molar-refractivity contribution in [3.8, 4) is 5.75 Å². The highest BCUT2D eigenvalue weighted by atomic mass is 35.5. The highest BCUT2D eigenvalue weighted by Gasteiger charge is 2.20. The molecule has 14 heavy (non-hydrogen) atoms. The Balaban J connectivity index is 2.96. The monoisotopic (exact) mass is 218 g/mol. The van der Waals surface area contributed by atoms with Crippen LogP contribution in [0.1, 0.15) is 11.7 Å². The minimum Gasteiger partial charge on any atom is -0.506 e. The van der Waals surface area contributed by atoms with Crippen molar-refractivity contribution in [2.24, 2.45) is 0 Å². The molecule has 0 spiro atoms. The highest BCUT2D eigenvalue weighted by Crippen LogP contribution is 2.28. The summed E-state index contributed by atoms with van der Waals surface area (Å²) in [5.41, 5.74) is 0.0552. The predicted octanol–water partition coefficient (Wildman–Crippen LogP) is 2.23. The SMILES string of the molecule is COC(=O)C(F)c1ccc(O)c(Cl)c1. The van der Waals surface area contributed by atoms with Crippen LogP contribution in [0.3, 0.4) is 0 Å². The van der Waals surface area contributed by atoms with Gasteiger partial charge in [0.05, 0.1) is 12.1 Å². The molecule has 0 fully saturated rings. The molecule has 0 saturated carbocycles. The normalized spacial score (nSPS) is 12.2. The second-order valence-electron chi connectivity index (χ2n) is 2.60. The minimum absolute atomic E-state index is 0.00551. The van der Waals surface area contributed by atoms with Crippen molar-refractivity contribution in [1.82, 2.24) is 0 Å². The van der Waals surface area contributed by atoms with Crippen LogP contribution in [-0.2, 0) is 9.53 Å². The van der Waals surface area contributed by atoms with Gasteiger partial charge >= 0.3 is 5.97 Å². The van der Waals surface area contributed by atoms with Gasteiger partial charge in [-0.05, 0) is 17.7 Å². The van der Waals surface area contributed by atoms with Crippen LogP contribution in [0.25, 0.3) is 0 Å². The summed E-state index contributed by atoms with van der Waals surface area (Å²) in [5.74, 6) is -1.15. The van der Waals surface area contributed by atoms with Gasteiger partial charge in [0, 0.05) is 0 Å². The van der Waals surface area contributed by atoms with E-state index in [4.69, 9.17) is 16.7 Å². The molecule has 0 radical (unpaired) electrons. The first-order chi connectivity index (χ1) is 6.56. The quantitative estimate of drug-likeness (QED) is 0.775. The number of esters is 1. The Morgan fingerprint density at radius 2 is 2.29 bits per heavy atom. The molecule has 1 atom stereocenters. The van der Waals surface area contributed by atoms with Crippen LogP contribution in [0.2, 0.25) is 5.02 Å². The van der Waals surface area contributed by atoms with E-state index < -0.39 is 12.1 Å². The Hall–Kier alpha value is -1.29. The number of hydrogen-bond donors (Lipinski definition) is 1. The van der Waals surface area contributed by atoms with Crippen LogP contribution in [0.15, 0.2) is 18.2 Å². The molecule has 1 N–H and O–H groups in total. The Bertz CT molecular complexity index is 354. The zero-order valence-electron chi connectivity index (χ0n) is 7.33. The molecule has 0 bridgehead atoms. The Morgan fingerprint density at radius 1 is 1.64 bits per heavy atom. The summed E-state index contributed by atoms with van der Waals surface area (Å²) in [4.78, 5) is 10.8. The first-order valence-corrected chi connectivity index (χ1v) is 4.14. The van der Waals surface area contributed by atoms with Gasteiger partial charge < -0.3 is 9.84 Å². The van der Waals surface area contributed by atoms with Gasteiger partial charge in [0.15, 0.2) is 0 Å². The lowest BCUT2D eigenvalue weighted by molar-refractivity contribution is -0.146. The Morgan fingerprint density at radius 3 is 2.79 bits per heavy atom. The summed E-state index contributed by atoms with van der Waals surface area (Å²) in [6.45, 7) is 0. The molecule has 76 valence electrons. The second kappa shape index (κ2) is 4.28. The third kappa shape index (κ3) is 2.14. The first-order valence-electron chi connectivity index (χ1n) is 3.76. The molecule has 1 aromatic rings. The average molecular weight is 219 g/mol. The van der Waals surface area contributed by atoms with Crippen LogP contribution in [0.5, 0.6) is 5.75 Å². The number of hydrogen-bond acceptors (Lipinski definition) is 3. The van der Waals surface area contributed by atoms with Crippen LogP contribution >= 0.6 is 11.6 Å². The second-order valence-corrected chi connectivity index (χ2v) is 3.00. The van der Waals surface area contributed by atoms with E-state index in [1.807, 2.05) is 0 Å². The molecule has 0 aromatic heterocycles. The van der Waals surface area contributed by atoms with Gasteiger partial charge in [-0.15, -0.1) is 0 Å². The molecule has 3 nitrogen and oxygen atoms in total. The molecule has 1 rings (SSSR count). The van der Waals surface area contributed by atoms with Crippen LogP contribution in [-0.4, -0.2) is 18.2 Å². The van der Waals surface area contributed by atoms with E-state index >= 15 is 0 Å². The maximum Gasteiger partial charge on any atom is 0.345 e. The zero-order valence-corrected chi connectivity index (χ0v) is 8.08. The fraction of sp³-hybridized carbons (Fsp3) is 0.222. The summed E-state index contributed by atoms with van der Waals surface area (Å²) in [6, 6.07) is 3.66. The van der Waals surface area contributed by atoms with Gasteiger partial charge in [-0.2, -0.15) is 0 Å². The molecule has 0 saturated heterocycles. The third-order valence-electron chi connectivity index (χ3n) is 1.67. The van der Waals surface area contributed by atoms with E-state index in [1.54, 1.807) is 0 Å². The Kier molecular flexibility index (Phi) is 3.30. The molecular formula is C9H8ClFO3. The smallest absolute Gasteiger partial charge is 0.345 e. The van der Waals surface area contributed by atoms with Crippen molar-refractivity contribution in [2.45, 2.75) is 6.17 Å². The maximum absolute atomic E-state index is 13.2. The summed E-state index contributed by atoms with van der Waals surface area (Å²) in [6.07, 6.45) is -1.88. The molecule has 5 heteroatoms. The maximum atomic E-state index is 13.2. The van der Waals surface area contributed by atoms with Gasteiger partial charge in [0.25, 0.3) is 0 Å².